The van der Waals surface area contributed by atoms with Crippen molar-refractivity contribution in [2.45, 2.75) is 18.5 Å². The van der Waals surface area contributed by atoms with Gasteiger partial charge in [0.15, 0.2) is 0 Å². The lowest BCUT2D eigenvalue weighted by atomic mass is 9.85. The predicted molar refractivity (Wildman–Crippen MR) is 94.0 cm³/mol. The number of carbonyl (C=O) groups excluding carboxylic acids is 1. The zero-order chi connectivity index (χ0) is 18.1. The van der Waals surface area contributed by atoms with Gasteiger partial charge in [-0.05, 0) is 36.2 Å². The van der Waals surface area contributed by atoms with Crippen LogP contribution in [0.2, 0.25) is 0 Å². The number of nitrogens with zero attached hydrogens (tertiary/aromatic N) is 2. The molecule has 2 N–H and O–H groups in total. The maximum atomic E-state index is 13.6. The number of ether oxygens (including phenoxy) is 1. The molecule has 0 aliphatic carbocycles. The van der Waals surface area contributed by atoms with Crippen LogP contribution >= 0.6 is 0 Å². The van der Waals surface area contributed by atoms with Crippen LogP contribution in [-0.4, -0.2) is 42.0 Å². The first-order chi connectivity index (χ1) is 12.7. The number of rotatable bonds is 3. The summed E-state index contributed by atoms with van der Waals surface area (Å²) in [5.41, 5.74) is 7.93. The monoisotopic (exact) mass is 356 g/mol. The van der Waals surface area contributed by atoms with E-state index in [1.807, 2.05) is 11.0 Å². The summed E-state index contributed by atoms with van der Waals surface area (Å²) in [6.07, 6.45) is 2.43. The SMILES string of the molecule is COc1ncccc1C(=O)N1CCC2NNC(c3cccc(F)c3)C2C1. The minimum atomic E-state index is -0.253. The van der Waals surface area contributed by atoms with Crippen molar-refractivity contribution >= 4 is 5.91 Å². The summed E-state index contributed by atoms with van der Waals surface area (Å²) >= 11 is 0. The third-order valence-corrected chi connectivity index (χ3v) is 5.20. The Morgan fingerprint density at radius 3 is 3.00 bits per heavy atom. The number of benzene rings is 1. The summed E-state index contributed by atoms with van der Waals surface area (Å²) in [6, 6.07) is 10.3. The molecule has 26 heavy (non-hydrogen) atoms. The molecule has 2 aliphatic heterocycles. The zero-order valence-electron chi connectivity index (χ0n) is 14.5. The number of methoxy groups -OCH3 is 1. The minimum absolute atomic E-state index is 0.0397. The van der Waals surface area contributed by atoms with Gasteiger partial charge < -0.3 is 9.64 Å². The average Bonchev–Trinajstić information content (AvgIpc) is 3.10. The summed E-state index contributed by atoms with van der Waals surface area (Å²) in [6.45, 7) is 1.24. The van der Waals surface area contributed by atoms with E-state index >= 15 is 0 Å². The molecule has 2 fully saturated rings. The number of hydrogen-bond acceptors (Lipinski definition) is 5. The van der Waals surface area contributed by atoms with Crippen molar-refractivity contribution in [3.05, 3.63) is 59.5 Å². The number of fused-ring (bicyclic) bond motifs is 1. The molecule has 3 unspecified atom stereocenters. The minimum Gasteiger partial charge on any atom is -0.480 e. The van der Waals surface area contributed by atoms with Crippen LogP contribution in [0.25, 0.3) is 0 Å². The lowest BCUT2D eigenvalue weighted by Crippen LogP contribution is -2.47. The maximum absolute atomic E-state index is 13.6. The predicted octanol–water partition coefficient (Wildman–Crippen LogP) is 1.91. The molecule has 1 aromatic carbocycles. The lowest BCUT2D eigenvalue weighted by molar-refractivity contribution is 0.0648. The molecule has 2 aliphatic rings. The van der Waals surface area contributed by atoms with Crippen molar-refractivity contribution in [3.8, 4) is 5.88 Å². The second kappa shape index (κ2) is 7.01. The van der Waals surface area contributed by atoms with Gasteiger partial charge in [-0.2, -0.15) is 0 Å². The zero-order valence-corrected chi connectivity index (χ0v) is 14.5. The summed E-state index contributed by atoms with van der Waals surface area (Å²) in [4.78, 5) is 18.9. The van der Waals surface area contributed by atoms with Crippen LogP contribution in [0.4, 0.5) is 4.39 Å². The molecule has 0 bridgehead atoms. The van der Waals surface area contributed by atoms with Gasteiger partial charge in [0, 0.05) is 31.2 Å². The van der Waals surface area contributed by atoms with Crippen molar-refractivity contribution in [2.75, 3.05) is 20.2 Å². The first-order valence-electron chi connectivity index (χ1n) is 8.72. The molecule has 4 rings (SSSR count). The van der Waals surface area contributed by atoms with Gasteiger partial charge in [-0.15, -0.1) is 0 Å². The van der Waals surface area contributed by atoms with Gasteiger partial charge in [-0.25, -0.2) is 14.8 Å². The number of nitrogens with one attached hydrogen (secondary N) is 2. The van der Waals surface area contributed by atoms with Crippen molar-refractivity contribution in [1.82, 2.24) is 20.7 Å². The van der Waals surface area contributed by atoms with Crippen molar-refractivity contribution in [1.29, 1.82) is 0 Å². The Morgan fingerprint density at radius 2 is 2.19 bits per heavy atom. The van der Waals surface area contributed by atoms with Gasteiger partial charge in [0.05, 0.1) is 13.2 Å². The van der Waals surface area contributed by atoms with Crippen LogP contribution in [0.5, 0.6) is 5.88 Å². The molecular formula is C19H21FN4O2. The summed E-state index contributed by atoms with van der Waals surface area (Å²) < 4.78 is 18.8. The van der Waals surface area contributed by atoms with Gasteiger partial charge >= 0.3 is 0 Å². The molecule has 6 nitrogen and oxygen atoms in total. The number of halogens is 1. The number of hydrogen-bond donors (Lipinski definition) is 2. The highest BCUT2D eigenvalue weighted by molar-refractivity contribution is 5.96. The van der Waals surface area contributed by atoms with Crippen LogP contribution in [0.3, 0.4) is 0 Å². The molecule has 136 valence electrons. The Kier molecular flexibility index (Phi) is 4.57. The number of amides is 1. The Labute approximate surface area is 151 Å². The molecular weight excluding hydrogens is 335 g/mol. The van der Waals surface area contributed by atoms with Crippen LogP contribution in [0.1, 0.15) is 28.4 Å². The van der Waals surface area contributed by atoms with Gasteiger partial charge in [0.2, 0.25) is 5.88 Å². The highest BCUT2D eigenvalue weighted by atomic mass is 19.1. The molecule has 2 aromatic rings. The summed E-state index contributed by atoms with van der Waals surface area (Å²) in [5.74, 6) is 0.163. The highest BCUT2D eigenvalue weighted by Gasteiger charge is 2.42. The number of piperidine rings is 1. The van der Waals surface area contributed by atoms with Crippen molar-refractivity contribution in [3.63, 3.8) is 0 Å². The van der Waals surface area contributed by atoms with E-state index in [4.69, 9.17) is 4.74 Å². The Hall–Kier alpha value is -2.51. The lowest BCUT2D eigenvalue weighted by Gasteiger charge is -2.36. The topological polar surface area (TPSA) is 66.5 Å². The molecule has 7 heteroatoms. The van der Waals surface area contributed by atoms with E-state index in [9.17, 15) is 9.18 Å². The number of pyridine rings is 1. The van der Waals surface area contributed by atoms with Gasteiger partial charge in [-0.3, -0.25) is 10.2 Å². The third kappa shape index (κ3) is 3.04. The van der Waals surface area contributed by atoms with Crippen LogP contribution in [0.15, 0.2) is 42.6 Å². The van der Waals surface area contributed by atoms with E-state index in [2.05, 4.69) is 15.8 Å². The first-order valence-corrected chi connectivity index (χ1v) is 8.72. The normalized spacial score (nSPS) is 25.0. The second-order valence-corrected chi connectivity index (χ2v) is 6.69. The molecule has 0 spiro atoms. The van der Waals surface area contributed by atoms with E-state index in [-0.39, 0.29) is 29.7 Å². The van der Waals surface area contributed by atoms with E-state index < -0.39 is 0 Å². The van der Waals surface area contributed by atoms with Crippen LogP contribution < -0.4 is 15.6 Å². The van der Waals surface area contributed by atoms with Gasteiger partial charge in [-0.1, -0.05) is 12.1 Å². The van der Waals surface area contributed by atoms with Crippen LogP contribution in [-0.2, 0) is 0 Å². The Balaban J connectivity index is 1.55. The molecule has 0 radical (unpaired) electrons. The van der Waals surface area contributed by atoms with Gasteiger partial charge in [0.25, 0.3) is 5.91 Å². The Bertz CT molecular complexity index is 816. The first kappa shape index (κ1) is 16.9. The van der Waals surface area contributed by atoms with Gasteiger partial charge in [0.1, 0.15) is 11.4 Å². The molecule has 1 amide bonds. The maximum Gasteiger partial charge on any atom is 0.259 e. The Morgan fingerprint density at radius 1 is 1.31 bits per heavy atom. The smallest absolute Gasteiger partial charge is 0.259 e. The average molecular weight is 356 g/mol. The van der Waals surface area contributed by atoms with Crippen LogP contribution in [0, 0.1) is 11.7 Å². The molecule has 0 saturated carbocycles. The number of aromatic nitrogens is 1. The third-order valence-electron chi connectivity index (χ3n) is 5.20. The fourth-order valence-corrected chi connectivity index (χ4v) is 3.90. The second-order valence-electron chi connectivity index (χ2n) is 6.69. The quantitative estimate of drug-likeness (QED) is 0.879. The largest absolute Gasteiger partial charge is 0.480 e. The number of carbonyl (C=O) groups is 1. The molecule has 3 atom stereocenters. The van der Waals surface area contributed by atoms with E-state index in [0.717, 1.165) is 12.0 Å². The fourth-order valence-electron chi connectivity index (χ4n) is 3.90. The standard InChI is InChI=1S/C19H21FN4O2/c1-26-18-14(6-3-8-21-18)19(25)24-9-7-16-15(11-24)17(23-22-16)12-4-2-5-13(20)10-12/h2-6,8,10,15-17,22-23H,7,9,11H2,1H3. The molecule has 1 aromatic heterocycles. The van der Waals surface area contributed by atoms with E-state index in [0.29, 0.717) is 24.5 Å². The highest BCUT2D eigenvalue weighted by Crippen LogP contribution is 2.34. The summed E-state index contributed by atoms with van der Waals surface area (Å²) in [5, 5.41) is 0. The van der Waals surface area contributed by atoms with E-state index in [1.165, 1.54) is 13.2 Å². The van der Waals surface area contributed by atoms with E-state index in [1.54, 1.807) is 30.5 Å². The van der Waals surface area contributed by atoms with Crippen molar-refractivity contribution < 1.29 is 13.9 Å². The number of likely N-dealkylation sites (tertiary alicyclic amines) is 1. The molecule has 3 heterocycles. The summed E-state index contributed by atoms with van der Waals surface area (Å²) in [7, 11) is 1.51. The molecule has 2 saturated heterocycles. The number of hydrazine groups is 1. The van der Waals surface area contributed by atoms with Crippen molar-refractivity contribution in [2.24, 2.45) is 5.92 Å². The fraction of sp³-hybridized carbons (Fsp3) is 0.368.